The van der Waals surface area contributed by atoms with Crippen LogP contribution in [0, 0.1) is 5.92 Å². The number of carboxylic acids is 1. The van der Waals surface area contributed by atoms with Crippen molar-refractivity contribution in [3.63, 3.8) is 0 Å². The summed E-state index contributed by atoms with van der Waals surface area (Å²) in [6.07, 6.45) is 0.520. The van der Waals surface area contributed by atoms with Crippen LogP contribution in [0.15, 0.2) is 60.0 Å². The molecule has 3 aromatic rings. The lowest BCUT2D eigenvalue weighted by Gasteiger charge is -2.19. The Morgan fingerprint density at radius 1 is 1.14 bits per heavy atom. The van der Waals surface area contributed by atoms with E-state index in [0.717, 1.165) is 21.4 Å². The summed E-state index contributed by atoms with van der Waals surface area (Å²) in [6, 6.07) is 17.8. The third-order valence-corrected chi connectivity index (χ3v) is 5.22. The van der Waals surface area contributed by atoms with E-state index in [4.69, 9.17) is 4.74 Å². The second-order valence-corrected chi connectivity index (χ2v) is 6.49. The van der Waals surface area contributed by atoms with Gasteiger partial charge in [-0.2, -0.15) is 0 Å². The first-order valence-electron chi connectivity index (χ1n) is 7.14. The lowest BCUT2D eigenvalue weighted by Crippen LogP contribution is -2.21. The summed E-state index contributed by atoms with van der Waals surface area (Å²) >= 11 is 1.55. The van der Waals surface area contributed by atoms with Gasteiger partial charge in [-0.25, -0.2) is 0 Å². The molecule has 4 rings (SSSR count). The van der Waals surface area contributed by atoms with Gasteiger partial charge in [0.05, 0.1) is 0 Å². The highest BCUT2D eigenvalue weighted by molar-refractivity contribution is 7.10. The van der Waals surface area contributed by atoms with E-state index < -0.39 is 17.5 Å². The predicted molar refractivity (Wildman–Crippen MR) is 86.3 cm³/mol. The minimum atomic E-state index is -0.798. The van der Waals surface area contributed by atoms with Crippen molar-refractivity contribution in [3.8, 4) is 5.75 Å². The highest BCUT2D eigenvalue weighted by Crippen LogP contribution is 2.57. The van der Waals surface area contributed by atoms with Gasteiger partial charge in [0.1, 0.15) is 11.7 Å². The smallest absolute Gasteiger partial charge is 0.311 e. The lowest BCUT2D eigenvalue weighted by molar-refractivity contribution is -0.140. The van der Waals surface area contributed by atoms with Gasteiger partial charge in [-0.05, 0) is 22.9 Å². The maximum atomic E-state index is 11.5. The molecule has 0 spiro atoms. The summed E-state index contributed by atoms with van der Waals surface area (Å²) < 4.78 is 6.27. The van der Waals surface area contributed by atoms with Gasteiger partial charge in [0, 0.05) is 16.7 Å². The average molecular weight is 310 g/mol. The number of fused-ring (bicyclic) bond motifs is 1. The second kappa shape index (κ2) is 4.85. The Bertz CT molecular complexity index is 835. The first-order chi connectivity index (χ1) is 10.7. The van der Waals surface area contributed by atoms with Gasteiger partial charge < -0.3 is 9.84 Å². The van der Waals surface area contributed by atoms with E-state index in [1.807, 2.05) is 60.0 Å². The molecule has 1 aliphatic carbocycles. The van der Waals surface area contributed by atoms with E-state index in [1.165, 1.54) is 0 Å². The third-order valence-electron chi connectivity index (χ3n) is 4.19. The number of ether oxygens (including phenoxy) is 1. The second-order valence-electron chi connectivity index (χ2n) is 5.54. The normalized spacial score (nSPS) is 23.4. The summed E-state index contributed by atoms with van der Waals surface area (Å²) in [5.41, 5.74) is -0.718. The van der Waals surface area contributed by atoms with Crippen molar-refractivity contribution in [2.24, 2.45) is 5.92 Å². The van der Waals surface area contributed by atoms with Crippen LogP contribution in [0.25, 0.3) is 10.8 Å². The molecule has 1 saturated carbocycles. The molecule has 1 heterocycles. The van der Waals surface area contributed by atoms with Crippen molar-refractivity contribution in [3.05, 3.63) is 64.9 Å². The van der Waals surface area contributed by atoms with Crippen LogP contribution in [-0.4, -0.2) is 11.1 Å². The molecule has 22 heavy (non-hydrogen) atoms. The summed E-state index contributed by atoms with van der Waals surface area (Å²) in [5, 5.41) is 13.5. The van der Waals surface area contributed by atoms with Gasteiger partial charge in [-0.15, -0.1) is 11.3 Å². The number of benzene rings is 2. The zero-order chi connectivity index (χ0) is 15.2. The molecule has 0 unspecified atom stereocenters. The molecular formula is C18H14O3S. The highest BCUT2D eigenvalue weighted by atomic mass is 32.1. The Labute approximate surface area is 131 Å². The molecule has 2 atom stereocenters. The van der Waals surface area contributed by atoms with Crippen LogP contribution in [0.3, 0.4) is 0 Å². The van der Waals surface area contributed by atoms with Crippen molar-refractivity contribution in [1.82, 2.24) is 0 Å². The number of thiophene rings is 1. The van der Waals surface area contributed by atoms with E-state index in [1.54, 1.807) is 11.3 Å². The molecule has 0 saturated heterocycles. The van der Waals surface area contributed by atoms with Crippen molar-refractivity contribution in [1.29, 1.82) is 0 Å². The van der Waals surface area contributed by atoms with Crippen molar-refractivity contribution < 1.29 is 14.6 Å². The first-order valence-corrected chi connectivity index (χ1v) is 8.02. The van der Waals surface area contributed by atoms with Gasteiger partial charge in [0.2, 0.25) is 0 Å². The van der Waals surface area contributed by atoms with Gasteiger partial charge in [-0.3, -0.25) is 4.79 Å². The van der Waals surface area contributed by atoms with E-state index in [2.05, 4.69) is 0 Å². The summed E-state index contributed by atoms with van der Waals surface area (Å²) in [4.78, 5) is 12.4. The minimum Gasteiger partial charge on any atom is -0.481 e. The van der Waals surface area contributed by atoms with E-state index >= 15 is 0 Å². The molecule has 4 heteroatoms. The van der Waals surface area contributed by atoms with Crippen LogP contribution in [0.5, 0.6) is 5.75 Å². The molecule has 1 aliphatic rings. The van der Waals surface area contributed by atoms with E-state index in [9.17, 15) is 9.90 Å². The fraction of sp³-hybridized carbons (Fsp3) is 0.167. The molecule has 0 bridgehead atoms. The van der Waals surface area contributed by atoms with E-state index in [-0.39, 0.29) is 0 Å². The Balaban J connectivity index is 1.78. The van der Waals surface area contributed by atoms with Crippen molar-refractivity contribution >= 4 is 28.1 Å². The topological polar surface area (TPSA) is 46.5 Å². The maximum absolute atomic E-state index is 11.5. The zero-order valence-corrected chi connectivity index (χ0v) is 12.5. The van der Waals surface area contributed by atoms with E-state index in [0.29, 0.717) is 6.42 Å². The summed E-state index contributed by atoms with van der Waals surface area (Å²) in [7, 11) is 0. The SMILES string of the molecule is O=C(O)[C@H]1C[C@@]1(Oc1cccc2ccccc12)c1cccs1. The molecule has 110 valence electrons. The van der Waals surface area contributed by atoms with Crippen molar-refractivity contribution in [2.75, 3.05) is 0 Å². The van der Waals surface area contributed by atoms with Crippen molar-refractivity contribution in [2.45, 2.75) is 12.0 Å². The number of carbonyl (C=O) groups is 1. The monoisotopic (exact) mass is 310 g/mol. The Hall–Kier alpha value is -2.33. The molecule has 0 aliphatic heterocycles. The number of hydrogen-bond donors (Lipinski definition) is 1. The Kier molecular flexibility index (Phi) is 2.94. The lowest BCUT2D eigenvalue weighted by atomic mass is 10.1. The minimum absolute atomic E-state index is 0.481. The van der Waals surface area contributed by atoms with Crippen LogP contribution in [0.1, 0.15) is 11.3 Å². The largest absolute Gasteiger partial charge is 0.481 e. The quantitative estimate of drug-likeness (QED) is 0.782. The zero-order valence-electron chi connectivity index (χ0n) is 11.7. The summed E-state index contributed by atoms with van der Waals surface area (Å²) in [5.74, 6) is -0.533. The molecular weight excluding hydrogens is 296 g/mol. The van der Waals surface area contributed by atoms with Crippen LogP contribution in [-0.2, 0) is 10.4 Å². The molecule has 0 radical (unpaired) electrons. The fourth-order valence-corrected chi connectivity index (χ4v) is 3.89. The average Bonchev–Trinajstić information content (AvgIpc) is 3.00. The van der Waals surface area contributed by atoms with Gasteiger partial charge in [0.15, 0.2) is 5.60 Å². The molecule has 2 aromatic carbocycles. The van der Waals surface area contributed by atoms with Crippen LogP contribution in [0.4, 0.5) is 0 Å². The van der Waals surface area contributed by atoms with Crippen LogP contribution in [0.2, 0.25) is 0 Å². The Morgan fingerprint density at radius 2 is 1.95 bits per heavy atom. The maximum Gasteiger partial charge on any atom is 0.311 e. The first kappa shape index (κ1) is 13.3. The molecule has 3 nitrogen and oxygen atoms in total. The van der Waals surface area contributed by atoms with Gasteiger partial charge >= 0.3 is 5.97 Å². The standard InChI is InChI=1S/C18H14O3S/c19-17(20)14-11-18(14,16-9-4-10-22-16)21-15-8-3-6-12-5-1-2-7-13(12)15/h1-10,14H,11H2,(H,19,20)/t14-,18+/m1/s1. The number of hydrogen-bond acceptors (Lipinski definition) is 3. The fourth-order valence-electron chi connectivity index (χ4n) is 2.97. The molecule has 1 fully saturated rings. The third kappa shape index (κ3) is 1.99. The summed E-state index contributed by atoms with van der Waals surface area (Å²) in [6.45, 7) is 0. The van der Waals surface area contributed by atoms with Crippen LogP contribution >= 0.6 is 11.3 Å². The van der Waals surface area contributed by atoms with Gasteiger partial charge in [-0.1, -0.05) is 42.5 Å². The number of aliphatic carboxylic acids is 1. The highest BCUT2D eigenvalue weighted by Gasteiger charge is 2.63. The molecule has 1 N–H and O–H groups in total. The Morgan fingerprint density at radius 3 is 2.68 bits per heavy atom. The molecule has 0 amide bonds. The molecule has 1 aromatic heterocycles. The van der Waals surface area contributed by atoms with Gasteiger partial charge in [0.25, 0.3) is 0 Å². The number of rotatable bonds is 4. The predicted octanol–water partition coefficient (Wildman–Crippen LogP) is 4.28. The number of carboxylic acid groups (broad SMARTS) is 1. The van der Waals surface area contributed by atoms with Crippen LogP contribution < -0.4 is 4.74 Å².